The number of hydrogen-bond donors (Lipinski definition) is 3. The summed E-state index contributed by atoms with van der Waals surface area (Å²) in [6, 6.07) is 20.4. The molecule has 3 N–H and O–H groups in total. The number of nitrogens with one attached hydrogen (secondary N) is 1. The van der Waals surface area contributed by atoms with Gasteiger partial charge in [-0.2, -0.15) is 10.9 Å². The van der Waals surface area contributed by atoms with Gasteiger partial charge < -0.3 is 5.73 Å². The molecule has 0 bridgehead atoms. The third-order valence-corrected chi connectivity index (χ3v) is 9.47. The van der Waals surface area contributed by atoms with Crippen molar-refractivity contribution in [3.63, 3.8) is 0 Å². The molecule has 0 spiro atoms. The van der Waals surface area contributed by atoms with Gasteiger partial charge >= 0.3 is 0 Å². The van der Waals surface area contributed by atoms with Gasteiger partial charge in [0.05, 0.1) is 0 Å². The second-order valence-corrected chi connectivity index (χ2v) is 11.1. The Labute approximate surface area is 197 Å². The monoisotopic (exact) mass is 448 g/mol. The van der Waals surface area contributed by atoms with Crippen LogP contribution in [-0.2, 0) is 12.8 Å². The van der Waals surface area contributed by atoms with E-state index >= 15 is 0 Å². The van der Waals surface area contributed by atoms with Crippen molar-refractivity contribution in [2.45, 2.75) is 37.5 Å². The first-order chi connectivity index (χ1) is 16.1. The van der Waals surface area contributed by atoms with Crippen LogP contribution in [0, 0.1) is 22.8 Å². The predicted molar refractivity (Wildman–Crippen MR) is 141 cm³/mol. The summed E-state index contributed by atoms with van der Waals surface area (Å²) in [5.74, 6) is 0.188. The van der Waals surface area contributed by atoms with Gasteiger partial charge in [0.2, 0.25) is 0 Å². The topological polar surface area (TPSA) is 49.9 Å². The van der Waals surface area contributed by atoms with Crippen LogP contribution in [0.15, 0.2) is 82.0 Å². The van der Waals surface area contributed by atoms with Crippen molar-refractivity contribution in [3.8, 4) is 0 Å². The SMILES string of the molecule is Cc1ccc(C2=c3ccc4c(c3CCC2)CC=c2c([SH]3C=CC=C3C(=N)N)cccc2=4)cc1. The molecule has 1 aliphatic heterocycles. The molecular weight excluding hydrogens is 420 g/mol. The molecule has 1 heterocycles. The summed E-state index contributed by atoms with van der Waals surface area (Å²) < 4.78 is 0. The number of amidine groups is 1. The summed E-state index contributed by atoms with van der Waals surface area (Å²) in [5, 5.41) is 15.7. The van der Waals surface area contributed by atoms with E-state index in [-0.39, 0.29) is 5.84 Å². The maximum atomic E-state index is 8.01. The van der Waals surface area contributed by atoms with Crippen molar-refractivity contribution >= 4 is 28.4 Å². The number of fused-ring (bicyclic) bond motifs is 4. The van der Waals surface area contributed by atoms with Gasteiger partial charge in [0.1, 0.15) is 5.84 Å². The van der Waals surface area contributed by atoms with E-state index in [9.17, 15) is 0 Å². The molecule has 1 atom stereocenters. The molecule has 0 aromatic heterocycles. The standard InChI is InChI=1S/C30H28N2S/c1-19-10-12-20(13-11-19)21-5-2-6-22-24(21)14-15-26-23-7-3-8-28(27(23)17-16-25(22)26)33-18-4-9-29(33)30(31)32/h3-4,7-15,17-18,33H,2,5-6,16H2,1H3,(H3,31,32). The Morgan fingerprint density at radius 2 is 1.73 bits per heavy atom. The van der Waals surface area contributed by atoms with E-state index in [1.807, 2.05) is 6.08 Å². The van der Waals surface area contributed by atoms with E-state index < -0.39 is 10.9 Å². The fourth-order valence-electron chi connectivity index (χ4n) is 5.61. The second-order valence-electron chi connectivity index (χ2n) is 9.14. The lowest BCUT2D eigenvalue weighted by atomic mass is 9.84. The van der Waals surface area contributed by atoms with Gasteiger partial charge in [-0.1, -0.05) is 66.2 Å². The molecule has 0 fully saturated rings. The highest BCUT2D eigenvalue weighted by atomic mass is 32.2. The Kier molecular flexibility index (Phi) is 4.88. The van der Waals surface area contributed by atoms with Crippen LogP contribution in [0.2, 0.25) is 0 Å². The highest BCUT2D eigenvalue weighted by Gasteiger charge is 2.20. The highest BCUT2D eigenvalue weighted by Crippen LogP contribution is 2.46. The quantitative estimate of drug-likeness (QED) is 0.299. The van der Waals surface area contributed by atoms with Gasteiger partial charge in [-0.15, -0.1) is 0 Å². The molecule has 2 nitrogen and oxygen atoms in total. The van der Waals surface area contributed by atoms with Crippen molar-refractivity contribution in [3.05, 3.63) is 120 Å². The lowest BCUT2D eigenvalue weighted by molar-refractivity contribution is 0.809. The first kappa shape index (κ1) is 20.3. The Bertz CT molecular complexity index is 1590. The summed E-state index contributed by atoms with van der Waals surface area (Å²) >= 11 is 0. The molecule has 3 aromatic carbocycles. The molecule has 3 aromatic rings. The number of nitrogens with two attached hydrogens (primary N) is 1. The van der Waals surface area contributed by atoms with E-state index in [1.54, 1.807) is 0 Å². The van der Waals surface area contributed by atoms with Crippen LogP contribution >= 0.6 is 10.9 Å². The molecule has 1 unspecified atom stereocenters. The molecule has 0 saturated heterocycles. The van der Waals surface area contributed by atoms with Crippen LogP contribution in [0.25, 0.3) is 11.6 Å². The van der Waals surface area contributed by atoms with E-state index in [1.165, 1.54) is 60.0 Å². The number of thiol groups is 1. The lowest BCUT2D eigenvalue weighted by Gasteiger charge is -2.23. The fourth-order valence-corrected chi connectivity index (χ4v) is 7.67. The van der Waals surface area contributed by atoms with Crippen LogP contribution in [0.1, 0.15) is 35.1 Å². The van der Waals surface area contributed by atoms with Gasteiger partial charge in [-0.05, 0) is 93.3 Å². The molecule has 3 heteroatoms. The largest absolute Gasteiger partial charge is 0.383 e. The molecule has 6 rings (SSSR count). The van der Waals surface area contributed by atoms with E-state index in [4.69, 9.17) is 11.1 Å². The number of aryl methyl sites for hydroxylation is 1. The van der Waals surface area contributed by atoms with Gasteiger partial charge in [0.25, 0.3) is 0 Å². The Hall–Kier alpha value is -3.30. The van der Waals surface area contributed by atoms with Crippen LogP contribution in [-0.4, -0.2) is 5.84 Å². The molecule has 3 aliphatic rings. The second kappa shape index (κ2) is 7.93. The summed E-state index contributed by atoms with van der Waals surface area (Å²) in [6.45, 7) is 2.15. The first-order valence-corrected chi connectivity index (χ1v) is 13.1. The smallest absolute Gasteiger partial charge is 0.128 e. The average Bonchev–Trinajstić information content (AvgIpc) is 3.33. The Morgan fingerprint density at radius 1 is 0.909 bits per heavy atom. The third kappa shape index (κ3) is 3.30. The van der Waals surface area contributed by atoms with E-state index in [0.717, 1.165) is 24.2 Å². The van der Waals surface area contributed by atoms with Crippen molar-refractivity contribution < 1.29 is 0 Å². The molecule has 164 valence electrons. The highest BCUT2D eigenvalue weighted by molar-refractivity contribution is 8.23. The summed E-state index contributed by atoms with van der Waals surface area (Å²) in [4.78, 5) is 2.27. The number of rotatable bonds is 3. The lowest BCUT2D eigenvalue weighted by Crippen LogP contribution is -2.24. The average molecular weight is 449 g/mol. The zero-order valence-electron chi connectivity index (χ0n) is 18.9. The van der Waals surface area contributed by atoms with Gasteiger partial charge in [0, 0.05) is 9.80 Å². The normalized spacial score (nSPS) is 19.2. The Balaban J connectivity index is 1.60. The summed E-state index contributed by atoms with van der Waals surface area (Å²) in [5.41, 5.74) is 13.1. The third-order valence-electron chi connectivity index (χ3n) is 7.18. The first-order valence-electron chi connectivity index (χ1n) is 11.7. The number of allylic oxidation sites excluding steroid dienone is 2. The zero-order valence-corrected chi connectivity index (χ0v) is 19.8. The van der Waals surface area contributed by atoms with Crippen LogP contribution in [0.5, 0.6) is 0 Å². The molecule has 2 aliphatic carbocycles. The summed E-state index contributed by atoms with van der Waals surface area (Å²) in [7, 11) is -0.701. The van der Waals surface area contributed by atoms with Crippen LogP contribution < -0.4 is 16.2 Å². The van der Waals surface area contributed by atoms with Crippen molar-refractivity contribution in [1.29, 1.82) is 5.41 Å². The fraction of sp³-hybridized carbons (Fsp3) is 0.167. The number of hydrogen-bond acceptors (Lipinski definition) is 1. The molecule has 33 heavy (non-hydrogen) atoms. The van der Waals surface area contributed by atoms with E-state index in [2.05, 4.69) is 79.1 Å². The minimum Gasteiger partial charge on any atom is -0.383 e. The molecular formula is C30H28N2S. The van der Waals surface area contributed by atoms with E-state index in [0.29, 0.717) is 0 Å². The van der Waals surface area contributed by atoms with Gasteiger partial charge in [-0.3, -0.25) is 5.41 Å². The summed E-state index contributed by atoms with van der Waals surface area (Å²) in [6.07, 6.45) is 11.0. The minimum atomic E-state index is -0.701. The van der Waals surface area contributed by atoms with Crippen LogP contribution in [0.4, 0.5) is 0 Å². The number of benzene rings is 3. The van der Waals surface area contributed by atoms with Crippen molar-refractivity contribution in [1.82, 2.24) is 0 Å². The van der Waals surface area contributed by atoms with Crippen LogP contribution in [0.3, 0.4) is 0 Å². The molecule has 0 amide bonds. The van der Waals surface area contributed by atoms with Crippen molar-refractivity contribution in [2.75, 3.05) is 0 Å². The van der Waals surface area contributed by atoms with Gasteiger partial charge in [0.15, 0.2) is 0 Å². The molecule has 0 radical (unpaired) electrons. The minimum absolute atomic E-state index is 0.188. The zero-order chi connectivity index (χ0) is 22.5. The van der Waals surface area contributed by atoms with Crippen molar-refractivity contribution in [2.24, 2.45) is 5.73 Å². The molecule has 0 saturated carbocycles. The predicted octanol–water partition coefficient (Wildman–Crippen LogP) is 4.86. The maximum Gasteiger partial charge on any atom is 0.128 e. The Morgan fingerprint density at radius 3 is 2.55 bits per heavy atom. The maximum absolute atomic E-state index is 8.01. The van der Waals surface area contributed by atoms with Gasteiger partial charge in [-0.25, -0.2) is 0 Å².